The molecule has 0 saturated carbocycles. The Kier molecular flexibility index (Phi) is 7.56. The summed E-state index contributed by atoms with van der Waals surface area (Å²) in [4.78, 5) is 25.5. The summed E-state index contributed by atoms with van der Waals surface area (Å²) in [6, 6.07) is 10.2. The fraction of sp³-hybridized carbons (Fsp3) is 0.304. The molecule has 8 nitrogen and oxygen atoms in total. The predicted molar refractivity (Wildman–Crippen MR) is 122 cm³/mol. The summed E-state index contributed by atoms with van der Waals surface area (Å²) >= 11 is 0. The smallest absolute Gasteiger partial charge is 0.414 e. The number of alkyl halides is 3. The third-order valence-corrected chi connectivity index (χ3v) is 6.58. The molecule has 0 atom stereocenters. The first-order valence-electron chi connectivity index (χ1n) is 10.4. The summed E-state index contributed by atoms with van der Waals surface area (Å²) in [5, 5.41) is 0.599. The number of sulfonamides is 1. The van der Waals surface area contributed by atoms with E-state index in [-0.39, 0.29) is 28.2 Å². The quantitative estimate of drug-likeness (QED) is 0.480. The van der Waals surface area contributed by atoms with Crippen LogP contribution in [0.4, 0.5) is 18.0 Å². The molecule has 2 aromatic carbocycles. The first-order valence-corrected chi connectivity index (χ1v) is 11.9. The standard InChI is InChI=1S/C23H23F3N2O6S/c1-14-18-8-7-16(33-22(30)28(2)3)13-20(18)34-21(29)19(14)12-15-5-4-6-17(11-15)35(31,32)27-10-9-23(24,25)26/h4-8,11,13,27H,9-10,12H2,1-3H3. The molecule has 0 spiro atoms. The minimum atomic E-state index is -4.49. The van der Waals surface area contributed by atoms with Gasteiger partial charge in [0.05, 0.1) is 11.3 Å². The highest BCUT2D eigenvalue weighted by Gasteiger charge is 2.27. The van der Waals surface area contributed by atoms with Crippen LogP contribution in [0, 0.1) is 6.92 Å². The van der Waals surface area contributed by atoms with E-state index >= 15 is 0 Å². The second-order valence-electron chi connectivity index (χ2n) is 8.00. The summed E-state index contributed by atoms with van der Waals surface area (Å²) < 4.78 is 74.3. The maximum atomic E-state index is 12.7. The van der Waals surface area contributed by atoms with Crippen molar-refractivity contribution in [3.63, 3.8) is 0 Å². The van der Waals surface area contributed by atoms with Crippen molar-refractivity contribution in [3.8, 4) is 5.75 Å². The minimum Gasteiger partial charge on any atom is -0.422 e. The van der Waals surface area contributed by atoms with Crippen LogP contribution in [0.15, 0.2) is 56.6 Å². The van der Waals surface area contributed by atoms with E-state index in [0.717, 1.165) is 0 Å². The van der Waals surface area contributed by atoms with Crippen LogP contribution in [0.1, 0.15) is 23.1 Å². The summed E-state index contributed by atoms with van der Waals surface area (Å²) in [5.41, 5.74) is 0.900. The van der Waals surface area contributed by atoms with Crippen LogP contribution in [0.25, 0.3) is 11.0 Å². The van der Waals surface area contributed by atoms with Crippen LogP contribution in [0.3, 0.4) is 0 Å². The number of ether oxygens (including phenoxy) is 1. The topological polar surface area (TPSA) is 106 Å². The molecule has 3 aromatic rings. The van der Waals surface area contributed by atoms with E-state index in [1.54, 1.807) is 25.1 Å². The van der Waals surface area contributed by atoms with E-state index < -0.39 is 40.9 Å². The second kappa shape index (κ2) is 10.1. The lowest BCUT2D eigenvalue weighted by Gasteiger charge is -2.12. The molecule has 0 unspecified atom stereocenters. The Labute approximate surface area is 199 Å². The number of rotatable bonds is 7. The normalized spacial score (nSPS) is 12.1. The van der Waals surface area contributed by atoms with Gasteiger partial charge >= 0.3 is 17.9 Å². The number of amides is 1. The minimum absolute atomic E-state index is 0.0351. The highest BCUT2D eigenvalue weighted by molar-refractivity contribution is 7.89. The van der Waals surface area contributed by atoms with Gasteiger partial charge in [0.1, 0.15) is 11.3 Å². The Hall–Kier alpha value is -3.38. The maximum Gasteiger partial charge on any atom is 0.414 e. The molecule has 0 aliphatic carbocycles. The number of carbonyl (C=O) groups excluding carboxylic acids is 1. The largest absolute Gasteiger partial charge is 0.422 e. The molecule has 35 heavy (non-hydrogen) atoms. The van der Waals surface area contributed by atoms with Crippen LogP contribution in [-0.4, -0.2) is 46.2 Å². The molecule has 3 rings (SSSR count). The van der Waals surface area contributed by atoms with Crippen LogP contribution < -0.4 is 15.1 Å². The Balaban J connectivity index is 1.87. The second-order valence-corrected chi connectivity index (χ2v) is 9.77. The molecule has 12 heteroatoms. The lowest BCUT2D eigenvalue weighted by atomic mass is 9.99. The van der Waals surface area contributed by atoms with E-state index in [1.165, 1.54) is 43.3 Å². The van der Waals surface area contributed by atoms with Crippen LogP contribution in [0.5, 0.6) is 5.75 Å². The lowest BCUT2D eigenvalue weighted by Crippen LogP contribution is -2.28. The zero-order chi connectivity index (χ0) is 26.0. The number of hydrogen-bond donors (Lipinski definition) is 1. The number of hydrogen-bond acceptors (Lipinski definition) is 6. The van der Waals surface area contributed by atoms with Gasteiger partial charge in [-0.25, -0.2) is 22.7 Å². The van der Waals surface area contributed by atoms with Gasteiger partial charge in [-0.1, -0.05) is 12.1 Å². The number of nitrogens with one attached hydrogen (secondary N) is 1. The van der Waals surface area contributed by atoms with Crippen molar-refractivity contribution in [1.29, 1.82) is 0 Å². The van der Waals surface area contributed by atoms with Gasteiger partial charge in [-0.05, 0) is 42.3 Å². The highest BCUT2D eigenvalue weighted by Crippen LogP contribution is 2.26. The fourth-order valence-electron chi connectivity index (χ4n) is 3.27. The molecular formula is C23H23F3N2O6S. The molecule has 0 saturated heterocycles. The molecule has 0 radical (unpaired) electrons. The summed E-state index contributed by atoms with van der Waals surface area (Å²) in [7, 11) is -1.12. The van der Waals surface area contributed by atoms with Gasteiger partial charge in [-0.2, -0.15) is 13.2 Å². The van der Waals surface area contributed by atoms with Crippen molar-refractivity contribution < 1.29 is 35.5 Å². The Bertz CT molecular complexity index is 1420. The summed E-state index contributed by atoms with van der Waals surface area (Å²) in [6.45, 7) is 0.925. The van der Waals surface area contributed by atoms with Crippen LogP contribution in [0.2, 0.25) is 0 Å². The molecule has 0 bridgehead atoms. The summed E-state index contributed by atoms with van der Waals surface area (Å²) in [6.07, 6.45) is -6.34. The SMILES string of the molecule is Cc1c(Cc2cccc(S(=O)(=O)NCCC(F)(F)F)c2)c(=O)oc2cc(OC(=O)N(C)C)ccc12. The van der Waals surface area contributed by atoms with E-state index in [2.05, 4.69) is 0 Å². The number of carbonyl (C=O) groups is 1. The van der Waals surface area contributed by atoms with E-state index in [0.29, 0.717) is 16.5 Å². The van der Waals surface area contributed by atoms with Crippen LogP contribution >= 0.6 is 0 Å². The zero-order valence-electron chi connectivity index (χ0n) is 19.1. The maximum absolute atomic E-state index is 12.7. The van der Waals surface area contributed by atoms with Gasteiger partial charge in [-0.15, -0.1) is 0 Å². The fourth-order valence-corrected chi connectivity index (χ4v) is 4.37. The number of aryl methyl sites for hydroxylation is 1. The van der Waals surface area contributed by atoms with Crippen molar-refractivity contribution >= 4 is 27.1 Å². The average Bonchev–Trinajstić information content (AvgIpc) is 2.75. The van der Waals surface area contributed by atoms with Crippen molar-refractivity contribution in [1.82, 2.24) is 9.62 Å². The molecule has 188 valence electrons. The Morgan fingerprint density at radius 1 is 1.14 bits per heavy atom. The zero-order valence-corrected chi connectivity index (χ0v) is 19.9. The number of benzene rings is 2. The van der Waals surface area contributed by atoms with Crippen LogP contribution in [-0.2, 0) is 16.4 Å². The van der Waals surface area contributed by atoms with Gasteiger partial charge in [0.2, 0.25) is 10.0 Å². The molecule has 0 aliphatic heterocycles. The Morgan fingerprint density at radius 3 is 2.51 bits per heavy atom. The molecule has 1 N–H and O–H groups in total. The van der Waals surface area contributed by atoms with E-state index in [9.17, 15) is 31.2 Å². The average molecular weight is 513 g/mol. The molecule has 0 aliphatic rings. The molecule has 1 aromatic heterocycles. The van der Waals surface area contributed by atoms with Gasteiger partial charge in [0, 0.05) is 44.1 Å². The molecule has 1 amide bonds. The highest BCUT2D eigenvalue weighted by atomic mass is 32.2. The number of fused-ring (bicyclic) bond motifs is 1. The first-order chi connectivity index (χ1) is 16.3. The lowest BCUT2D eigenvalue weighted by molar-refractivity contribution is -0.132. The van der Waals surface area contributed by atoms with Crippen molar-refractivity contribution in [2.45, 2.75) is 30.8 Å². The summed E-state index contributed by atoms with van der Waals surface area (Å²) in [5.74, 6) is 0.197. The molecule has 1 heterocycles. The monoisotopic (exact) mass is 512 g/mol. The van der Waals surface area contributed by atoms with Gasteiger partial charge in [-0.3, -0.25) is 0 Å². The van der Waals surface area contributed by atoms with E-state index in [1.807, 2.05) is 4.72 Å². The third-order valence-electron chi connectivity index (χ3n) is 5.12. The first kappa shape index (κ1) is 26.2. The molecule has 0 fully saturated rings. The van der Waals surface area contributed by atoms with Gasteiger partial charge in [0.25, 0.3) is 0 Å². The van der Waals surface area contributed by atoms with Gasteiger partial charge in [0.15, 0.2) is 0 Å². The van der Waals surface area contributed by atoms with E-state index in [4.69, 9.17) is 9.15 Å². The number of halogens is 3. The third kappa shape index (κ3) is 6.61. The predicted octanol–water partition coefficient (Wildman–Crippen LogP) is 3.98. The van der Waals surface area contributed by atoms with Crippen molar-refractivity contribution in [3.05, 3.63) is 69.6 Å². The Morgan fingerprint density at radius 2 is 1.86 bits per heavy atom. The number of nitrogens with zero attached hydrogens (tertiary/aromatic N) is 1. The van der Waals surface area contributed by atoms with Crippen molar-refractivity contribution in [2.24, 2.45) is 0 Å². The van der Waals surface area contributed by atoms with Gasteiger partial charge < -0.3 is 14.1 Å². The molecular weight excluding hydrogens is 489 g/mol. The van der Waals surface area contributed by atoms with Crippen molar-refractivity contribution in [2.75, 3.05) is 20.6 Å².